The number of non-ortho nitro benzene ring substituents is 1. The van der Waals surface area contributed by atoms with Gasteiger partial charge in [-0.1, -0.05) is 30.3 Å². The zero-order chi connectivity index (χ0) is 22.1. The predicted molar refractivity (Wildman–Crippen MR) is 111 cm³/mol. The highest BCUT2D eigenvalue weighted by molar-refractivity contribution is 6.17. The molecule has 2 aliphatic rings. The van der Waals surface area contributed by atoms with Crippen LogP contribution >= 0.6 is 0 Å². The van der Waals surface area contributed by atoms with E-state index in [-0.39, 0.29) is 34.5 Å². The predicted octanol–water partition coefficient (Wildman–Crippen LogP) is 3.45. The number of aromatic nitrogens is 2. The van der Waals surface area contributed by atoms with Crippen molar-refractivity contribution in [3.63, 3.8) is 0 Å². The number of rotatable bonds is 4. The van der Waals surface area contributed by atoms with E-state index >= 15 is 0 Å². The van der Waals surface area contributed by atoms with Gasteiger partial charge in [-0.3, -0.25) is 14.9 Å². The van der Waals surface area contributed by atoms with Crippen molar-refractivity contribution in [2.75, 3.05) is 6.61 Å². The molecule has 1 heterocycles. The van der Waals surface area contributed by atoms with Gasteiger partial charge in [-0.05, 0) is 30.2 Å². The maximum Gasteiger partial charge on any atom is 0.340 e. The molecular formula is C22H14N4O5. The zero-order valence-corrected chi connectivity index (χ0v) is 16.2. The number of carbonyl (C=O) groups excluding carboxylic acids is 1. The molecule has 1 aromatic heterocycles. The number of ether oxygens (including phenoxy) is 1. The molecule has 0 bridgehead atoms. The van der Waals surface area contributed by atoms with Crippen molar-refractivity contribution in [2.45, 2.75) is 6.92 Å². The highest BCUT2D eigenvalue weighted by Gasteiger charge is 2.29. The third-order valence-electron chi connectivity index (χ3n) is 4.79. The Kier molecular flexibility index (Phi) is 4.89. The van der Waals surface area contributed by atoms with Crippen molar-refractivity contribution in [3.05, 3.63) is 86.2 Å². The van der Waals surface area contributed by atoms with Crippen molar-refractivity contribution in [2.24, 2.45) is 0 Å². The van der Waals surface area contributed by atoms with E-state index in [0.717, 1.165) is 0 Å². The van der Waals surface area contributed by atoms with E-state index in [1.807, 2.05) is 0 Å². The second-order valence-corrected chi connectivity index (χ2v) is 6.53. The second kappa shape index (κ2) is 7.68. The summed E-state index contributed by atoms with van der Waals surface area (Å²) in [5, 5.41) is 24.8. The number of carbonyl (C=O) groups is 1. The zero-order valence-electron chi connectivity index (χ0n) is 16.2. The fourth-order valence-corrected chi connectivity index (χ4v) is 3.50. The smallest absolute Gasteiger partial charge is 0.340 e. The summed E-state index contributed by atoms with van der Waals surface area (Å²) in [6, 6.07) is 15.8. The number of nitriles is 1. The van der Waals surface area contributed by atoms with E-state index in [4.69, 9.17) is 4.74 Å². The van der Waals surface area contributed by atoms with Crippen LogP contribution in [0.1, 0.15) is 23.0 Å². The van der Waals surface area contributed by atoms with Crippen molar-refractivity contribution >= 4 is 22.6 Å². The Hall–Kier alpha value is -4.58. The summed E-state index contributed by atoms with van der Waals surface area (Å²) in [4.78, 5) is 36.4. The minimum absolute atomic E-state index is 0.122. The summed E-state index contributed by atoms with van der Waals surface area (Å²) in [7, 11) is 0. The summed E-state index contributed by atoms with van der Waals surface area (Å²) in [6.45, 7) is 1.79. The number of fused-ring (bicyclic) bond motifs is 3. The van der Waals surface area contributed by atoms with E-state index in [0.29, 0.717) is 16.8 Å². The summed E-state index contributed by atoms with van der Waals surface area (Å²) in [6.07, 6.45) is 0. The van der Waals surface area contributed by atoms with Gasteiger partial charge in [-0.25, -0.2) is 9.48 Å². The van der Waals surface area contributed by atoms with Gasteiger partial charge in [0, 0.05) is 12.1 Å². The highest BCUT2D eigenvalue weighted by Crippen LogP contribution is 2.38. The van der Waals surface area contributed by atoms with Gasteiger partial charge >= 0.3 is 5.97 Å². The Balaban J connectivity index is 2.19. The van der Waals surface area contributed by atoms with Crippen LogP contribution in [0.2, 0.25) is 0 Å². The molecule has 0 radical (unpaired) electrons. The largest absolute Gasteiger partial charge is 0.462 e. The number of hydrogen-bond acceptors (Lipinski definition) is 7. The molecule has 0 atom stereocenters. The molecule has 1 aromatic carbocycles. The Bertz CT molecular complexity index is 1420. The van der Waals surface area contributed by atoms with E-state index in [9.17, 15) is 25.0 Å². The number of nitro groups is 1. The van der Waals surface area contributed by atoms with E-state index in [1.165, 1.54) is 28.9 Å². The van der Waals surface area contributed by atoms with Gasteiger partial charge in [0.1, 0.15) is 6.07 Å². The molecule has 31 heavy (non-hydrogen) atoms. The molecule has 9 heteroatoms. The van der Waals surface area contributed by atoms with Gasteiger partial charge in [0.25, 0.3) is 5.69 Å². The average Bonchev–Trinajstić information content (AvgIpc) is 2.91. The first-order chi connectivity index (χ1) is 15.0. The molecule has 2 aliphatic carbocycles. The molecule has 0 N–H and O–H groups in total. The number of nitro benzene ring substituents is 1. The first-order valence-electron chi connectivity index (χ1n) is 9.27. The van der Waals surface area contributed by atoms with Crippen LogP contribution in [0.3, 0.4) is 0 Å². The van der Waals surface area contributed by atoms with E-state index in [1.54, 1.807) is 43.3 Å². The summed E-state index contributed by atoms with van der Waals surface area (Å²) in [5.74, 6) is -0.643. The third kappa shape index (κ3) is 3.16. The number of nitrogens with zero attached hydrogens (tertiary/aromatic N) is 4. The van der Waals surface area contributed by atoms with Gasteiger partial charge in [0.2, 0.25) is 11.1 Å². The van der Waals surface area contributed by atoms with Crippen LogP contribution in [-0.4, -0.2) is 27.3 Å². The average molecular weight is 414 g/mol. The quantitative estimate of drug-likeness (QED) is 0.284. The summed E-state index contributed by atoms with van der Waals surface area (Å²) in [5.41, 5.74) is 0.505. The number of hydrogen-bond donors (Lipinski definition) is 0. The molecule has 0 aliphatic heterocycles. The minimum Gasteiger partial charge on any atom is -0.462 e. The van der Waals surface area contributed by atoms with Gasteiger partial charge < -0.3 is 4.74 Å². The van der Waals surface area contributed by atoms with Gasteiger partial charge in [0.15, 0.2) is 0 Å². The van der Waals surface area contributed by atoms with Crippen LogP contribution in [0.15, 0.2) is 59.4 Å². The molecule has 0 saturated carbocycles. The van der Waals surface area contributed by atoms with Gasteiger partial charge in [0.05, 0.1) is 33.7 Å². The van der Waals surface area contributed by atoms with E-state index in [2.05, 4.69) is 5.10 Å². The van der Waals surface area contributed by atoms with Crippen molar-refractivity contribution < 1.29 is 14.5 Å². The normalized spacial score (nSPS) is 10.7. The van der Waals surface area contributed by atoms with E-state index < -0.39 is 16.3 Å². The lowest BCUT2D eigenvalue weighted by Gasteiger charge is -2.10. The fourth-order valence-electron chi connectivity index (χ4n) is 3.50. The lowest BCUT2D eigenvalue weighted by atomic mass is 10.1. The summed E-state index contributed by atoms with van der Waals surface area (Å²) < 4.78 is 6.52. The minimum atomic E-state index is -0.643. The fraction of sp³-hybridized carbons (Fsp3) is 0.0909. The molecule has 0 amide bonds. The Morgan fingerprint density at radius 3 is 2.45 bits per heavy atom. The number of esters is 1. The first kappa shape index (κ1) is 19.7. The van der Waals surface area contributed by atoms with Crippen LogP contribution in [0.25, 0.3) is 27.7 Å². The van der Waals surface area contributed by atoms with Crippen LogP contribution < -0.4 is 5.43 Å². The molecule has 2 aromatic rings. The van der Waals surface area contributed by atoms with Crippen LogP contribution in [0.4, 0.5) is 5.69 Å². The Labute approximate surface area is 175 Å². The highest BCUT2D eigenvalue weighted by atomic mass is 16.6. The van der Waals surface area contributed by atoms with Gasteiger partial charge in [-0.2, -0.15) is 10.4 Å². The SMILES string of the molecule is CCOC(=O)c1c2cccccc-2c2c(=O)c(C#N)nn(-c3ccc([N+](=O)[O-])cc3)c12. The monoisotopic (exact) mass is 414 g/mol. The first-order valence-corrected chi connectivity index (χ1v) is 9.27. The van der Waals surface area contributed by atoms with Crippen LogP contribution in [-0.2, 0) is 4.74 Å². The van der Waals surface area contributed by atoms with Crippen LogP contribution in [0.5, 0.6) is 0 Å². The lowest BCUT2D eigenvalue weighted by molar-refractivity contribution is -0.384. The van der Waals surface area contributed by atoms with Crippen molar-refractivity contribution in [1.29, 1.82) is 5.26 Å². The Morgan fingerprint density at radius 1 is 1.16 bits per heavy atom. The molecule has 9 nitrogen and oxygen atoms in total. The molecule has 4 rings (SSSR count). The molecule has 0 unspecified atom stereocenters. The standard InChI is InChI=1S/C22H14N4O5/c1-2-31-22(28)19-16-7-5-3-4-6-15(16)18-20(19)25(24-17(12-23)21(18)27)13-8-10-14(11-9-13)26(29)30/h3-11H,2H2,1H3. The molecule has 152 valence electrons. The maximum absolute atomic E-state index is 13.1. The van der Waals surface area contributed by atoms with Crippen molar-refractivity contribution in [3.8, 4) is 22.9 Å². The molecule has 0 spiro atoms. The topological polar surface area (TPSA) is 128 Å². The second-order valence-electron chi connectivity index (χ2n) is 6.53. The van der Waals surface area contributed by atoms with Gasteiger partial charge in [-0.15, -0.1) is 0 Å². The van der Waals surface area contributed by atoms with Crippen LogP contribution in [0, 0.1) is 21.4 Å². The molecule has 0 fully saturated rings. The van der Waals surface area contributed by atoms with Crippen molar-refractivity contribution in [1.82, 2.24) is 9.78 Å². The maximum atomic E-state index is 13.1. The molecular weight excluding hydrogens is 400 g/mol. The molecule has 0 saturated heterocycles. The number of benzene rings is 1. The summed E-state index contributed by atoms with van der Waals surface area (Å²) >= 11 is 0. The lowest BCUT2D eigenvalue weighted by Crippen LogP contribution is -2.17. The third-order valence-corrected chi connectivity index (χ3v) is 4.79. The Morgan fingerprint density at radius 2 is 1.84 bits per heavy atom.